The van der Waals surface area contributed by atoms with Crippen molar-refractivity contribution in [1.82, 2.24) is 15.1 Å². The predicted molar refractivity (Wildman–Crippen MR) is 94.7 cm³/mol. The predicted octanol–water partition coefficient (Wildman–Crippen LogP) is 2.93. The maximum atomic E-state index is 13.8. The van der Waals surface area contributed by atoms with E-state index in [0.29, 0.717) is 24.1 Å². The molecule has 3 aromatic rings. The van der Waals surface area contributed by atoms with Crippen LogP contribution in [0.15, 0.2) is 59.4 Å². The fourth-order valence-corrected chi connectivity index (χ4v) is 3.29. The van der Waals surface area contributed by atoms with E-state index in [0.717, 1.165) is 10.2 Å². The summed E-state index contributed by atoms with van der Waals surface area (Å²) < 4.78 is 28.0. The number of hydrogen-bond acceptors (Lipinski definition) is 3. The Bertz CT molecular complexity index is 1080. The molecule has 5 nitrogen and oxygen atoms in total. The summed E-state index contributed by atoms with van der Waals surface area (Å²) in [7, 11) is 0. The van der Waals surface area contributed by atoms with Crippen LogP contribution in [0.5, 0.6) is 0 Å². The Morgan fingerprint density at radius 2 is 1.85 bits per heavy atom. The average Bonchev–Trinajstić information content (AvgIpc) is 3.07. The molecule has 0 radical (unpaired) electrons. The van der Waals surface area contributed by atoms with Crippen LogP contribution >= 0.6 is 0 Å². The van der Waals surface area contributed by atoms with Crippen molar-refractivity contribution < 1.29 is 13.6 Å². The van der Waals surface area contributed by atoms with Crippen LogP contribution in [0.2, 0.25) is 0 Å². The maximum absolute atomic E-state index is 13.8. The number of hydrogen-bond donors (Lipinski definition) is 1. The van der Waals surface area contributed by atoms with Crippen LogP contribution in [-0.4, -0.2) is 15.7 Å². The van der Waals surface area contributed by atoms with Gasteiger partial charge in [0, 0.05) is 6.07 Å². The van der Waals surface area contributed by atoms with Gasteiger partial charge in [-0.2, -0.15) is 9.78 Å². The van der Waals surface area contributed by atoms with E-state index in [4.69, 9.17) is 0 Å². The molecule has 27 heavy (non-hydrogen) atoms. The van der Waals surface area contributed by atoms with Crippen LogP contribution in [-0.2, 0) is 6.42 Å². The van der Waals surface area contributed by atoms with Crippen LogP contribution in [0.3, 0.4) is 0 Å². The third kappa shape index (κ3) is 3.23. The van der Waals surface area contributed by atoms with E-state index in [9.17, 15) is 18.4 Å². The molecule has 0 aliphatic heterocycles. The molecule has 0 saturated heterocycles. The molecular weight excluding hydrogens is 352 g/mol. The zero-order chi connectivity index (χ0) is 19.0. The molecule has 136 valence electrons. The zero-order valence-corrected chi connectivity index (χ0v) is 14.2. The molecule has 7 heteroatoms. The number of benzene rings is 2. The second-order valence-electron chi connectivity index (χ2n) is 6.32. The molecule has 2 aromatic carbocycles. The Morgan fingerprint density at radius 1 is 1.07 bits per heavy atom. The Hall–Kier alpha value is -3.35. The molecule has 1 aliphatic rings. The van der Waals surface area contributed by atoms with E-state index in [1.807, 2.05) is 0 Å². The van der Waals surface area contributed by atoms with Crippen molar-refractivity contribution >= 4 is 5.91 Å². The second kappa shape index (κ2) is 6.75. The Kier molecular flexibility index (Phi) is 4.27. The topological polar surface area (TPSA) is 64.0 Å². The van der Waals surface area contributed by atoms with Crippen molar-refractivity contribution in [1.29, 1.82) is 0 Å². The lowest BCUT2D eigenvalue weighted by Crippen LogP contribution is -2.31. The monoisotopic (exact) mass is 367 g/mol. The van der Waals surface area contributed by atoms with Gasteiger partial charge in [-0.25, -0.2) is 8.78 Å². The van der Waals surface area contributed by atoms with Crippen LogP contribution < -0.4 is 10.9 Å². The number of fused-ring (bicyclic) bond motifs is 1. The minimum Gasteiger partial charge on any atom is -0.344 e. The highest BCUT2D eigenvalue weighted by Gasteiger charge is 2.26. The third-order valence-corrected chi connectivity index (χ3v) is 4.62. The Balaban J connectivity index is 1.61. The first kappa shape index (κ1) is 17.1. The quantitative estimate of drug-likeness (QED) is 0.774. The van der Waals surface area contributed by atoms with Crippen molar-refractivity contribution in [3.8, 4) is 5.69 Å². The van der Waals surface area contributed by atoms with Crippen molar-refractivity contribution in [3.63, 3.8) is 0 Å². The lowest BCUT2D eigenvalue weighted by atomic mass is 10.1. The van der Waals surface area contributed by atoms with Gasteiger partial charge in [-0.15, -0.1) is 0 Å². The Morgan fingerprint density at radius 3 is 2.63 bits per heavy atom. The maximum Gasteiger partial charge on any atom is 0.272 e. The number of halogens is 2. The van der Waals surface area contributed by atoms with Gasteiger partial charge in [0.1, 0.15) is 17.3 Å². The molecule has 1 unspecified atom stereocenters. The summed E-state index contributed by atoms with van der Waals surface area (Å²) in [6.45, 7) is 0. The van der Waals surface area contributed by atoms with E-state index in [-0.39, 0.29) is 17.6 Å². The summed E-state index contributed by atoms with van der Waals surface area (Å²) in [6, 6.07) is 12.3. The number of rotatable bonds is 3. The van der Waals surface area contributed by atoms with E-state index in [1.54, 1.807) is 12.1 Å². The van der Waals surface area contributed by atoms with Crippen molar-refractivity contribution in [3.05, 3.63) is 93.4 Å². The van der Waals surface area contributed by atoms with Gasteiger partial charge < -0.3 is 5.32 Å². The summed E-state index contributed by atoms with van der Waals surface area (Å²) in [5.74, 6) is -1.17. The second-order valence-corrected chi connectivity index (χ2v) is 6.32. The first-order valence-electron chi connectivity index (χ1n) is 8.47. The van der Waals surface area contributed by atoms with Crippen LogP contribution in [0.1, 0.15) is 34.1 Å². The van der Waals surface area contributed by atoms with Gasteiger partial charge in [0.2, 0.25) is 0 Å². The highest BCUT2D eigenvalue weighted by Crippen LogP contribution is 2.32. The zero-order valence-electron chi connectivity index (χ0n) is 14.2. The normalized spacial score (nSPS) is 15.4. The number of amides is 1. The molecule has 0 bridgehead atoms. The molecule has 0 saturated carbocycles. The number of nitrogens with zero attached hydrogens (tertiary/aromatic N) is 2. The van der Waals surface area contributed by atoms with E-state index in [2.05, 4.69) is 10.4 Å². The van der Waals surface area contributed by atoms with Crippen molar-refractivity contribution in [2.45, 2.75) is 18.9 Å². The SMILES string of the molecule is O=C(NC1CCc2c(F)cccc21)c1ccc(=O)n(-c2ccc(F)cc2)n1. The largest absolute Gasteiger partial charge is 0.344 e. The molecule has 1 heterocycles. The fourth-order valence-electron chi connectivity index (χ4n) is 3.29. The van der Waals surface area contributed by atoms with E-state index in [1.165, 1.54) is 42.5 Å². The summed E-state index contributed by atoms with van der Waals surface area (Å²) in [5, 5.41) is 6.93. The van der Waals surface area contributed by atoms with Gasteiger partial charge in [0.15, 0.2) is 0 Å². The Labute approximate surface area is 153 Å². The molecule has 4 rings (SSSR count). The lowest BCUT2D eigenvalue weighted by Gasteiger charge is -2.14. The highest BCUT2D eigenvalue weighted by molar-refractivity contribution is 5.92. The van der Waals surface area contributed by atoms with Gasteiger partial charge in [-0.05, 0) is 60.4 Å². The first-order valence-corrected chi connectivity index (χ1v) is 8.47. The number of nitrogens with one attached hydrogen (secondary N) is 1. The van der Waals surface area contributed by atoms with Gasteiger partial charge in [-0.3, -0.25) is 9.59 Å². The average molecular weight is 367 g/mol. The summed E-state index contributed by atoms with van der Waals surface area (Å²) in [6.07, 6.45) is 1.15. The van der Waals surface area contributed by atoms with Crippen LogP contribution in [0, 0.1) is 11.6 Å². The van der Waals surface area contributed by atoms with Gasteiger partial charge in [0.25, 0.3) is 11.5 Å². The highest BCUT2D eigenvalue weighted by atomic mass is 19.1. The molecule has 1 atom stereocenters. The van der Waals surface area contributed by atoms with Gasteiger partial charge >= 0.3 is 0 Å². The summed E-state index contributed by atoms with van der Waals surface area (Å²) in [4.78, 5) is 24.7. The first-order chi connectivity index (χ1) is 13.0. The van der Waals surface area contributed by atoms with Crippen LogP contribution in [0.4, 0.5) is 8.78 Å². The van der Waals surface area contributed by atoms with Crippen molar-refractivity contribution in [2.24, 2.45) is 0 Å². The number of carbonyl (C=O) groups excluding carboxylic acids is 1. The van der Waals surface area contributed by atoms with Gasteiger partial charge in [-0.1, -0.05) is 12.1 Å². The molecule has 1 aromatic heterocycles. The van der Waals surface area contributed by atoms with E-state index < -0.39 is 17.3 Å². The fraction of sp³-hybridized carbons (Fsp3) is 0.150. The molecule has 0 spiro atoms. The third-order valence-electron chi connectivity index (χ3n) is 4.62. The standard InChI is InChI=1S/C20H15F2N3O2/c21-12-4-6-13(7-5-12)25-19(26)11-10-18(24-25)20(27)23-17-9-8-14-15(17)2-1-3-16(14)22/h1-7,10-11,17H,8-9H2,(H,23,27). The minimum atomic E-state index is -0.465. The molecular formula is C20H15F2N3O2. The number of carbonyl (C=O) groups is 1. The van der Waals surface area contributed by atoms with E-state index >= 15 is 0 Å². The molecule has 1 N–H and O–H groups in total. The molecule has 1 aliphatic carbocycles. The lowest BCUT2D eigenvalue weighted by molar-refractivity contribution is 0.0930. The van der Waals surface area contributed by atoms with Gasteiger partial charge in [0.05, 0.1) is 11.7 Å². The molecule has 0 fully saturated rings. The smallest absolute Gasteiger partial charge is 0.272 e. The van der Waals surface area contributed by atoms with Crippen molar-refractivity contribution in [2.75, 3.05) is 0 Å². The summed E-state index contributed by atoms with van der Waals surface area (Å²) >= 11 is 0. The van der Waals surface area contributed by atoms with Crippen LogP contribution in [0.25, 0.3) is 5.69 Å². The minimum absolute atomic E-state index is 0.0452. The summed E-state index contributed by atoms with van der Waals surface area (Å²) in [5.41, 5.74) is 1.34. The molecule has 1 amide bonds. The number of aromatic nitrogens is 2.